The van der Waals surface area contributed by atoms with Crippen LogP contribution in [0.25, 0.3) is 11.1 Å². The van der Waals surface area contributed by atoms with E-state index in [1.165, 1.54) is 118 Å². The Kier molecular flexibility index (Phi) is 11.0. The lowest BCUT2D eigenvalue weighted by Gasteiger charge is -2.26. The molecule has 1 N–H and O–H groups in total. The molecule has 0 saturated carbocycles. The van der Waals surface area contributed by atoms with Crippen LogP contribution in [0.15, 0.2) is 36.4 Å². The number of hydrogen-bond acceptors (Lipinski definition) is 2. The Labute approximate surface area is 208 Å². The van der Waals surface area contributed by atoms with E-state index in [-0.39, 0.29) is 5.91 Å². The molecule has 3 nitrogen and oxygen atoms in total. The highest BCUT2D eigenvalue weighted by Gasteiger charge is 2.20. The van der Waals surface area contributed by atoms with Crippen LogP contribution in [-0.2, 0) is 11.2 Å². The fourth-order valence-electron chi connectivity index (χ4n) is 5.21. The minimum absolute atomic E-state index is 0.0159. The summed E-state index contributed by atoms with van der Waals surface area (Å²) in [5.41, 5.74) is 7.68. The summed E-state index contributed by atoms with van der Waals surface area (Å²) in [5, 5.41) is 2.93. The summed E-state index contributed by atoms with van der Waals surface area (Å²) in [6.07, 6.45) is 17.1. The minimum atomic E-state index is -0.0159. The standard InChI is InChI=1S/C31H46N2O/c1-4-6-8-10-12-14-20-33(21-15-13-11-9-7-5-2)29-17-19-31-27(24-29)22-26-23-28(32-25(3)34)16-18-30(26)31/h16-19,23-24H,4-15,20-22H2,1-3H3,(H,32,34). The van der Waals surface area contributed by atoms with E-state index in [4.69, 9.17) is 0 Å². The smallest absolute Gasteiger partial charge is 0.221 e. The van der Waals surface area contributed by atoms with Crippen molar-refractivity contribution in [2.24, 2.45) is 0 Å². The average Bonchev–Trinajstić information content (AvgIpc) is 3.18. The topological polar surface area (TPSA) is 32.3 Å². The van der Waals surface area contributed by atoms with Gasteiger partial charge in [0, 0.05) is 31.4 Å². The SMILES string of the molecule is CCCCCCCCN(CCCCCCCC)c1ccc2c(c1)Cc1cc(NC(C)=O)ccc1-2. The number of fused-ring (bicyclic) bond motifs is 3. The maximum absolute atomic E-state index is 11.5. The first-order valence-corrected chi connectivity index (χ1v) is 13.9. The molecule has 2 aromatic rings. The summed E-state index contributed by atoms with van der Waals surface area (Å²) >= 11 is 0. The van der Waals surface area contributed by atoms with E-state index in [9.17, 15) is 4.79 Å². The van der Waals surface area contributed by atoms with Gasteiger partial charge in [0.2, 0.25) is 5.91 Å². The molecule has 0 aliphatic heterocycles. The van der Waals surface area contributed by atoms with Gasteiger partial charge in [0.05, 0.1) is 0 Å². The van der Waals surface area contributed by atoms with Crippen LogP contribution in [0.4, 0.5) is 11.4 Å². The Balaban J connectivity index is 1.64. The quantitative estimate of drug-likeness (QED) is 0.216. The molecule has 0 heterocycles. The van der Waals surface area contributed by atoms with Gasteiger partial charge in [-0.1, -0.05) is 90.2 Å². The molecule has 0 spiro atoms. The van der Waals surface area contributed by atoms with Crippen molar-refractivity contribution < 1.29 is 4.79 Å². The van der Waals surface area contributed by atoms with Crippen molar-refractivity contribution in [3.63, 3.8) is 0 Å². The number of nitrogens with zero attached hydrogens (tertiary/aromatic N) is 1. The summed E-state index contributed by atoms with van der Waals surface area (Å²) < 4.78 is 0. The average molecular weight is 463 g/mol. The van der Waals surface area contributed by atoms with E-state index in [1.807, 2.05) is 6.07 Å². The third-order valence-electron chi connectivity index (χ3n) is 7.11. The lowest BCUT2D eigenvalue weighted by molar-refractivity contribution is -0.114. The van der Waals surface area contributed by atoms with Crippen LogP contribution < -0.4 is 10.2 Å². The Morgan fingerprint density at radius 1 is 0.735 bits per heavy atom. The Morgan fingerprint density at radius 2 is 1.26 bits per heavy atom. The molecule has 0 saturated heterocycles. The van der Waals surface area contributed by atoms with Gasteiger partial charge in [-0.2, -0.15) is 0 Å². The zero-order valence-corrected chi connectivity index (χ0v) is 21.9. The molecule has 1 amide bonds. The maximum atomic E-state index is 11.5. The number of benzene rings is 2. The van der Waals surface area contributed by atoms with E-state index in [0.717, 1.165) is 12.1 Å². The fourth-order valence-corrected chi connectivity index (χ4v) is 5.21. The number of rotatable bonds is 16. The normalized spacial score (nSPS) is 11.9. The first-order chi connectivity index (χ1) is 16.6. The van der Waals surface area contributed by atoms with Gasteiger partial charge in [0.25, 0.3) is 0 Å². The number of anilines is 2. The van der Waals surface area contributed by atoms with E-state index >= 15 is 0 Å². The number of unbranched alkanes of at least 4 members (excludes halogenated alkanes) is 10. The lowest BCUT2D eigenvalue weighted by atomic mass is 10.0. The zero-order chi connectivity index (χ0) is 24.2. The molecule has 0 atom stereocenters. The molecule has 0 fully saturated rings. The third-order valence-corrected chi connectivity index (χ3v) is 7.11. The summed E-state index contributed by atoms with van der Waals surface area (Å²) in [7, 11) is 0. The second kappa shape index (κ2) is 14.2. The van der Waals surface area contributed by atoms with Gasteiger partial charge in [-0.3, -0.25) is 4.79 Å². The van der Waals surface area contributed by atoms with Gasteiger partial charge >= 0.3 is 0 Å². The van der Waals surface area contributed by atoms with E-state index < -0.39 is 0 Å². The zero-order valence-electron chi connectivity index (χ0n) is 21.9. The van der Waals surface area contributed by atoms with Gasteiger partial charge in [-0.25, -0.2) is 0 Å². The van der Waals surface area contributed by atoms with Crippen molar-refractivity contribution in [3.8, 4) is 11.1 Å². The predicted molar refractivity (Wildman–Crippen MR) is 148 cm³/mol. The summed E-state index contributed by atoms with van der Waals surface area (Å²) in [6.45, 7) is 8.47. The van der Waals surface area contributed by atoms with Crippen LogP contribution in [0.3, 0.4) is 0 Å². The molecule has 3 heteroatoms. The van der Waals surface area contributed by atoms with Crippen molar-refractivity contribution >= 4 is 17.3 Å². The first kappa shape index (κ1) is 26.3. The molecule has 1 aliphatic rings. The van der Waals surface area contributed by atoms with Gasteiger partial charge in [0.1, 0.15) is 0 Å². The second-order valence-corrected chi connectivity index (χ2v) is 10.1. The monoisotopic (exact) mass is 462 g/mol. The molecular formula is C31H46N2O. The van der Waals surface area contributed by atoms with Crippen molar-refractivity contribution in [2.45, 2.75) is 104 Å². The number of amides is 1. The largest absolute Gasteiger partial charge is 0.372 e. The molecule has 3 rings (SSSR count). The summed E-state index contributed by atoms with van der Waals surface area (Å²) in [6, 6.07) is 13.4. The molecule has 186 valence electrons. The molecule has 1 aliphatic carbocycles. The van der Waals surface area contributed by atoms with Gasteiger partial charge in [-0.15, -0.1) is 0 Å². The second-order valence-electron chi connectivity index (χ2n) is 10.1. The Hall–Kier alpha value is -2.29. The Bertz CT molecular complexity index is 888. The lowest BCUT2D eigenvalue weighted by Crippen LogP contribution is -2.25. The highest BCUT2D eigenvalue weighted by atomic mass is 16.1. The maximum Gasteiger partial charge on any atom is 0.221 e. The molecule has 0 aromatic heterocycles. The molecule has 2 aromatic carbocycles. The highest BCUT2D eigenvalue weighted by Crippen LogP contribution is 2.39. The van der Waals surface area contributed by atoms with Crippen molar-refractivity contribution in [1.29, 1.82) is 0 Å². The molecular weight excluding hydrogens is 416 g/mol. The van der Waals surface area contributed by atoms with E-state index in [2.05, 4.69) is 54.4 Å². The predicted octanol–water partition coefficient (Wildman–Crippen LogP) is 8.74. The third kappa shape index (κ3) is 7.89. The molecule has 0 radical (unpaired) electrons. The van der Waals surface area contributed by atoms with Crippen molar-refractivity contribution in [3.05, 3.63) is 47.5 Å². The van der Waals surface area contributed by atoms with Crippen LogP contribution in [0.5, 0.6) is 0 Å². The van der Waals surface area contributed by atoms with E-state index in [0.29, 0.717) is 0 Å². The molecule has 34 heavy (non-hydrogen) atoms. The fraction of sp³-hybridized carbons (Fsp3) is 0.581. The molecule has 0 bridgehead atoms. The number of nitrogens with one attached hydrogen (secondary N) is 1. The van der Waals surface area contributed by atoms with Gasteiger partial charge < -0.3 is 10.2 Å². The van der Waals surface area contributed by atoms with Gasteiger partial charge in [-0.05, 0) is 65.8 Å². The number of carbonyl (C=O) groups excluding carboxylic acids is 1. The highest BCUT2D eigenvalue weighted by molar-refractivity contribution is 5.90. The van der Waals surface area contributed by atoms with Crippen LogP contribution in [-0.4, -0.2) is 19.0 Å². The molecule has 0 unspecified atom stereocenters. The Morgan fingerprint density at radius 3 is 1.85 bits per heavy atom. The number of carbonyl (C=O) groups is 1. The summed E-state index contributed by atoms with van der Waals surface area (Å²) in [5.74, 6) is -0.0159. The first-order valence-electron chi connectivity index (χ1n) is 13.9. The minimum Gasteiger partial charge on any atom is -0.372 e. The van der Waals surface area contributed by atoms with Crippen LogP contribution in [0.1, 0.15) is 109 Å². The van der Waals surface area contributed by atoms with Crippen molar-refractivity contribution in [2.75, 3.05) is 23.3 Å². The summed E-state index contributed by atoms with van der Waals surface area (Å²) in [4.78, 5) is 14.1. The van der Waals surface area contributed by atoms with E-state index in [1.54, 1.807) is 6.92 Å². The number of hydrogen-bond donors (Lipinski definition) is 1. The van der Waals surface area contributed by atoms with Crippen LogP contribution in [0, 0.1) is 0 Å². The van der Waals surface area contributed by atoms with Crippen molar-refractivity contribution in [1.82, 2.24) is 0 Å². The van der Waals surface area contributed by atoms with Crippen LogP contribution >= 0.6 is 0 Å². The van der Waals surface area contributed by atoms with Gasteiger partial charge in [0.15, 0.2) is 0 Å². The van der Waals surface area contributed by atoms with Crippen LogP contribution in [0.2, 0.25) is 0 Å².